The SMILES string of the molecule is NC(CCC=O)c1c(CCC(=O)O)cccc1C(CO)C(=O)NCCCCC1CCCCC1. The molecule has 5 N–H and O–H groups in total. The fourth-order valence-electron chi connectivity index (χ4n) is 4.93. The van der Waals surface area contributed by atoms with Crippen molar-refractivity contribution in [2.45, 2.75) is 89.0 Å². The first-order valence-electron chi connectivity index (χ1n) is 12.4. The van der Waals surface area contributed by atoms with Gasteiger partial charge in [-0.3, -0.25) is 9.59 Å². The maximum absolute atomic E-state index is 12.9. The van der Waals surface area contributed by atoms with Gasteiger partial charge in [0.2, 0.25) is 5.91 Å². The van der Waals surface area contributed by atoms with Crippen molar-refractivity contribution in [1.29, 1.82) is 0 Å². The highest BCUT2D eigenvalue weighted by Crippen LogP contribution is 2.31. The lowest BCUT2D eigenvalue weighted by molar-refractivity contribution is -0.137. The Morgan fingerprint density at radius 2 is 1.94 bits per heavy atom. The molecule has 184 valence electrons. The van der Waals surface area contributed by atoms with Crippen LogP contribution >= 0.6 is 0 Å². The Hall–Kier alpha value is -2.25. The highest BCUT2D eigenvalue weighted by atomic mass is 16.4. The molecular formula is C26H40N2O5. The van der Waals surface area contributed by atoms with Crippen molar-refractivity contribution >= 4 is 18.2 Å². The molecular weight excluding hydrogens is 420 g/mol. The lowest BCUT2D eigenvalue weighted by Crippen LogP contribution is -2.33. The largest absolute Gasteiger partial charge is 0.481 e. The molecule has 0 saturated heterocycles. The zero-order chi connectivity index (χ0) is 24.1. The number of aliphatic hydroxyl groups is 1. The molecule has 1 aromatic carbocycles. The first-order chi connectivity index (χ1) is 16.0. The number of nitrogens with one attached hydrogen (secondary N) is 1. The highest BCUT2D eigenvalue weighted by molar-refractivity contribution is 5.84. The standard InChI is InChI=1S/C26H40N2O5/c27-23(13-7-17-29)25-20(14-15-24(31)32)11-6-12-21(25)22(18-30)26(33)28-16-5-4-10-19-8-2-1-3-9-19/h6,11-12,17,19,22-23,30H,1-5,7-10,13-16,18,27H2,(H,28,33)(H,31,32). The summed E-state index contributed by atoms with van der Waals surface area (Å²) in [5, 5.41) is 22.1. The van der Waals surface area contributed by atoms with E-state index in [-0.39, 0.29) is 31.8 Å². The van der Waals surface area contributed by atoms with Crippen LogP contribution in [0.15, 0.2) is 18.2 Å². The van der Waals surface area contributed by atoms with Crippen LogP contribution in [0.5, 0.6) is 0 Å². The molecule has 1 aliphatic carbocycles. The molecule has 1 amide bonds. The topological polar surface area (TPSA) is 130 Å². The molecule has 33 heavy (non-hydrogen) atoms. The van der Waals surface area contributed by atoms with Gasteiger partial charge in [-0.05, 0) is 41.9 Å². The molecule has 1 fully saturated rings. The van der Waals surface area contributed by atoms with Gasteiger partial charge in [-0.15, -0.1) is 0 Å². The van der Waals surface area contributed by atoms with E-state index in [1.54, 1.807) is 18.2 Å². The van der Waals surface area contributed by atoms with Gasteiger partial charge in [0.25, 0.3) is 0 Å². The van der Waals surface area contributed by atoms with Crippen molar-refractivity contribution in [1.82, 2.24) is 5.32 Å². The zero-order valence-electron chi connectivity index (χ0n) is 19.6. The summed E-state index contributed by atoms with van der Waals surface area (Å²) < 4.78 is 0. The van der Waals surface area contributed by atoms with Crippen LogP contribution in [0.25, 0.3) is 0 Å². The monoisotopic (exact) mass is 460 g/mol. The van der Waals surface area contributed by atoms with Gasteiger partial charge < -0.3 is 26.1 Å². The number of hydrogen-bond donors (Lipinski definition) is 4. The quantitative estimate of drug-likeness (QED) is 0.234. The minimum atomic E-state index is -0.919. The van der Waals surface area contributed by atoms with E-state index in [9.17, 15) is 19.5 Å². The number of hydrogen-bond acceptors (Lipinski definition) is 5. The smallest absolute Gasteiger partial charge is 0.303 e. The Bertz CT molecular complexity index is 761. The van der Waals surface area contributed by atoms with Gasteiger partial charge in [-0.1, -0.05) is 63.1 Å². The van der Waals surface area contributed by atoms with E-state index >= 15 is 0 Å². The predicted octanol–water partition coefficient (Wildman–Crippen LogP) is 3.63. The summed E-state index contributed by atoms with van der Waals surface area (Å²) in [4.78, 5) is 34.9. The molecule has 7 heteroatoms. The normalized spacial score (nSPS) is 16.2. The summed E-state index contributed by atoms with van der Waals surface area (Å²) in [6.07, 6.45) is 11.5. The molecule has 1 aliphatic rings. The summed E-state index contributed by atoms with van der Waals surface area (Å²) in [5.41, 5.74) is 8.40. The zero-order valence-corrected chi connectivity index (χ0v) is 19.6. The van der Waals surface area contributed by atoms with Gasteiger partial charge in [0, 0.05) is 25.4 Å². The fraction of sp³-hybridized carbons (Fsp3) is 0.654. The minimum absolute atomic E-state index is 0.0617. The van der Waals surface area contributed by atoms with Gasteiger partial charge in [0.1, 0.15) is 6.29 Å². The number of amides is 1. The molecule has 1 saturated carbocycles. The fourth-order valence-corrected chi connectivity index (χ4v) is 4.93. The van der Waals surface area contributed by atoms with Crippen LogP contribution in [0.4, 0.5) is 0 Å². The number of unbranched alkanes of at least 4 members (excludes halogenated alkanes) is 1. The third kappa shape index (κ3) is 8.89. The maximum Gasteiger partial charge on any atom is 0.303 e. The number of rotatable bonds is 15. The van der Waals surface area contributed by atoms with E-state index in [1.165, 1.54) is 38.5 Å². The molecule has 7 nitrogen and oxygen atoms in total. The molecule has 2 unspecified atom stereocenters. The number of carbonyl (C=O) groups is 3. The number of aliphatic carboxylic acids is 1. The van der Waals surface area contributed by atoms with Crippen LogP contribution in [0.1, 0.15) is 99.3 Å². The van der Waals surface area contributed by atoms with Crippen molar-refractivity contribution in [3.63, 3.8) is 0 Å². The van der Waals surface area contributed by atoms with Gasteiger partial charge in [0.05, 0.1) is 12.5 Å². The van der Waals surface area contributed by atoms with Crippen LogP contribution in [-0.2, 0) is 20.8 Å². The first kappa shape index (κ1) is 27.0. The molecule has 1 aromatic rings. The Morgan fingerprint density at radius 1 is 1.18 bits per heavy atom. The number of carboxylic acid groups (broad SMARTS) is 1. The number of carboxylic acids is 1. The molecule has 0 aromatic heterocycles. The second kappa shape index (κ2) is 14.8. The second-order valence-electron chi connectivity index (χ2n) is 9.19. The Labute approximate surface area is 197 Å². The third-order valence-corrected chi connectivity index (χ3v) is 6.74. The lowest BCUT2D eigenvalue weighted by atomic mass is 9.84. The first-order valence-corrected chi connectivity index (χ1v) is 12.4. The van der Waals surface area contributed by atoms with Crippen LogP contribution in [0.3, 0.4) is 0 Å². The highest BCUT2D eigenvalue weighted by Gasteiger charge is 2.26. The number of carbonyl (C=O) groups excluding carboxylic acids is 2. The molecule has 0 heterocycles. The van der Waals surface area contributed by atoms with E-state index in [4.69, 9.17) is 10.8 Å². The van der Waals surface area contributed by atoms with E-state index in [1.807, 2.05) is 0 Å². The molecule has 2 rings (SSSR count). The van der Waals surface area contributed by atoms with E-state index in [0.29, 0.717) is 24.1 Å². The van der Waals surface area contributed by atoms with Crippen molar-refractivity contribution in [2.75, 3.05) is 13.2 Å². The molecule has 0 radical (unpaired) electrons. The van der Waals surface area contributed by atoms with Crippen molar-refractivity contribution in [3.8, 4) is 0 Å². The number of aryl methyl sites for hydroxylation is 1. The second-order valence-corrected chi connectivity index (χ2v) is 9.19. The van der Waals surface area contributed by atoms with E-state index < -0.39 is 17.9 Å². The summed E-state index contributed by atoms with van der Waals surface area (Å²) >= 11 is 0. The molecule has 0 spiro atoms. The van der Waals surface area contributed by atoms with E-state index in [2.05, 4.69) is 5.32 Å². The summed E-state index contributed by atoms with van der Waals surface area (Å²) in [6.45, 7) is 0.191. The van der Waals surface area contributed by atoms with Gasteiger partial charge in [0.15, 0.2) is 0 Å². The van der Waals surface area contributed by atoms with Crippen LogP contribution < -0.4 is 11.1 Å². The molecule has 0 aliphatic heterocycles. The molecule has 2 atom stereocenters. The maximum atomic E-state index is 12.9. The van der Waals surface area contributed by atoms with Crippen LogP contribution in [-0.4, -0.2) is 41.5 Å². The Kier molecular flexibility index (Phi) is 12.1. The summed E-state index contributed by atoms with van der Waals surface area (Å²) in [5.74, 6) is -1.14. The minimum Gasteiger partial charge on any atom is -0.481 e. The summed E-state index contributed by atoms with van der Waals surface area (Å²) in [6, 6.07) is 4.82. The number of aldehydes is 1. The van der Waals surface area contributed by atoms with E-state index in [0.717, 1.165) is 30.6 Å². The van der Waals surface area contributed by atoms with Crippen LogP contribution in [0.2, 0.25) is 0 Å². The lowest BCUT2D eigenvalue weighted by Gasteiger charge is -2.24. The number of nitrogens with two attached hydrogens (primary N) is 1. The third-order valence-electron chi connectivity index (χ3n) is 6.74. The average Bonchev–Trinajstić information content (AvgIpc) is 2.82. The van der Waals surface area contributed by atoms with Crippen LogP contribution in [0, 0.1) is 5.92 Å². The summed E-state index contributed by atoms with van der Waals surface area (Å²) in [7, 11) is 0. The Morgan fingerprint density at radius 3 is 2.61 bits per heavy atom. The average molecular weight is 461 g/mol. The Balaban J connectivity index is 2.05. The van der Waals surface area contributed by atoms with Gasteiger partial charge in [-0.25, -0.2) is 0 Å². The van der Waals surface area contributed by atoms with Crippen molar-refractivity contribution in [3.05, 3.63) is 34.9 Å². The number of aliphatic hydroxyl groups excluding tert-OH is 1. The predicted molar refractivity (Wildman–Crippen MR) is 128 cm³/mol. The van der Waals surface area contributed by atoms with Crippen molar-refractivity contribution in [2.24, 2.45) is 11.7 Å². The molecule has 0 bridgehead atoms. The van der Waals surface area contributed by atoms with Crippen molar-refractivity contribution < 1.29 is 24.6 Å². The van der Waals surface area contributed by atoms with Gasteiger partial charge in [-0.2, -0.15) is 0 Å². The van der Waals surface area contributed by atoms with Gasteiger partial charge >= 0.3 is 5.97 Å². The number of benzene rings is 1.